The standard InChI is InChI=1S/C11H9N3O2/c15-11(10-5-1-2-7-14(10)16)13-9-4-3-6-12-8-9/h1-8H,(H,13,15). The van der Waals surface area contributed by atoms with Crippen molar-refractivity contribution in [1.82, 2.24) is 4.98 Å². The number of nitrogens with zero attached hydrogens (tertiary/aromatic N) is 2. The number of aromatic nitrogens is 2. The van der Waals surface area contributed by atoms with E-state index in [4.69, 9.17) is 0 Å². The maximum absolute atomic E-state index is 11.7. The third-order valence-electron chi connectivity index (χ3n) is 1.98. The maximum Gasteiger partial charge on any atom is 0.321 e. The van der Waals surface area contributed by atoms with Gasteiger partial charge >= 0.3 is 5.91 Å². The lowest BCUT2D eigenvalue weighted by Crippen LogP contribution is -2.36. The van der Waals surface area contributed by atoms with Crippen molar-refractivity contribution in [2.45, 2.75) is 0 Å². The molecule has 0 saturated heterocycles. The number of amides is 1. The molecule has 2 aromatic rings. The van der Waals surface area contributed by atoms with Crippen molar-refractivity contribution >= 4 is 11.6 Å². The van der Waals surface area contributed by atoms with Crippen LogP contribution < -0.4 is 10.0 Å². The molecule has 1 N–H and O–H groups in total. The zero-order valence-corrected chi connectivity index (χ0v) is 8.33. The minimum atomic E-state index is -0.455. The SMILES string of the molecule is O=C(Nc1cccnc1)c1cccc[n+]1[O-]. The van der Waals surface area contributed by atoms with Gasteiger partial charge in [-0.15, -0.1) is 0 Å². The summed E-state index contributed by atoms with van der Waals surface area (Å²) in [5.74, 6) is -0.455. The quantitative estimate of drug-likeness (QED) is 0.599. The normalized spacial score (nSPS) is 9.75. The molecule has 0 spiro atoms. The summed E-state index contributed by atoms with van der Waals surface area (Å²) < 4.78 is 0.520. The molecule has 0 aliphatic heterocycles. The van der Waals surface area contributed by atoms with Crippen molar-refractivity contribution in [1.29, 1.82) is 0 Å². The van der Waals surface area contributed by atoms with E-state index in [1.807, 2.05) is 0 Å². The van der Waals surface area contributed by atoms with Gasteiger partial charge in [-0.3, -0.25) is 9.78 Å². The molecule has 0 aromatic carbocycles. The summed E-state index contributed by atoms with van der Waals surface area (Å²) in [5.41, 5.74) is 0.600. The fourth-order valence-electron chi connectivity index (χ4n) is 1.24. The summed E-state index contributed by atoms with van der Waals surface area (Å²) in [6.45, 7) is 0. The van der Waals surface area contributed by atoms with E-state index in [1.165, 1.54) is 18.5 Å². The molecular formula is C11H9N3O2. The van der Waals surface area contributed by atoms with Gasteiger partial charge in [0.15, 0.2) is 6.20 Å². The number of anilines is 1. The largest absolute Gasteiger partial charge is 0.618 e. The van der Waals surface area contributed by atoms with Crippen LogP contribution >= 0.6 is 0 Å². The van der Waals surface area contributed by atoms with Gasteiger partial charge in [0.05, 0.1) is 11.9 Å². The molecule has 2 heterocycles. The first-order chi connectivity index (χ1) is 7.77. The second-order valence-electron chi connectivity index (χ2n) is 3.11. The fourth-order valence-corrected chi connectivity index (χ4v) is 1.24. The molecule has 5 heteroatoms. The number of hydrogen-bond acceptors (Lipinski definition) is 3. The van der Waals surface area contributed by atoms with Gasteiger partial charge in [0.25, 0.3) is 5.69 Å². The molecule has 2 aromatic heterocycles. The van der Waals surface area contributed by atoms with E-state index in [0.717, 1.165) is 0 Å². The van der Waals surface area contributed by atoms with Crippen LogP contribution in [0.15, 0.2) is 48.9 Å². The molecule has 80 valence electrons. The summed E-state index contributed by atoms with van der Waals surface area (Å²) >= 11 is 0. The highest BCUT2D eigenvalue weighted by Gasteiger charge is 2.14. The van der Waals surface area contributed by atoms with Crippen molar-refractivity contribution in [3.63, 3.8) is 0 Å². The molecule has 0 unspecified atom stereocenters. The third kappa shape index (κ3) is 2.14. The lowest BCUT2D eigenvalue weighted by molar-refractivity contribution is -0.607. The zero-order valence-electron chi connectivity index (χ0n) is 8.33. The van der Waals surface area contributed by atoms with E-state index >= 15 is 0 Å². The number of nitrogens with one attached hydrogen (secondary N) is 1. The predicted molar refractivity (Wildman–Crippen MR) is 57.6 cm³/mol. The van der Waals surface area contributed by atoms with Crippen LogP contribution in [0.5, 0.6) is 0 Å². The highest BCUT2D eigenvalue weighted by Crippen LogP contribution is 2.04. The lowest BCUT2D eigenvalue weighted by atomic mass is 10.3. The van der Waals surface area contributed by atoms with Gasteiger partial charge in [0.2, 0.25) is 0 Å². The molecule has 5 nitrogen and oxygen atoms in total. The van der Waals surface area contributed by atoms with Gasteiger partial charge in [-0.1, -0.05) is 0 Å². The second-order valence-corrected chi connectivity index (χ2v) is 3.11. The molecule has 16 heavy (non-hydrogen) atoms. The van der Waals surface area contributed by atoms with E-state index in [2.05, 4.69) is 10.3 Å². The Balaban J connectivity index is 2.19. The number of carbonyl (C=O) groups excluding carboxylic acids is 1. The van der Waals surface area contributed by atoms with E-state index in [1.54, 1.807) is 30.5 Å². The smallest absolute Gasteiger partial charge is 0.321 e. The van der Waals surface area contributed by atoms with Crippen molar-refractivity contribution in [3.05, 3.63) is 59.8 Å². The van der Waals surface area contributed by atoms with Crippen LogP contribution in [0.25, 0.3) is 0 Å². The first-order valence-electron chi connectivity index (χ1n) is 4.67. The van der Waals surface area contributed by atoms with E-state index in [9.17, 15) is 10.0 Å². The number of pyridine rings is 2. The van der Waals surface area contributed by atoms with E-state index in [-0.39, 0.29) is 5.69 Å². The van der Waals surface area contributed by atoms with Crippen LogP contribution in [-0.4, -0.2) is 10.9 Å². The van der Waals surface area contributed by atoms with E-state index < -0.39 is 5.91 Å². The molecule has 0 radical (unpaired) electrons. The van der Waals surface area contributed by atoms with Crippen molar-refractivity contribution in [3.8, 4) is 0 Å². The Morgan fingerprint density at radius 2 is 2.19 bits per heavy atom. The van der Waals surface area contributed by atoms with Crippen molar-refractivity contribution in [2.75, 3.05) is 5.32 Å². The first kappa shape index (κ1) is 10.1. The van der Waals surface area contributed by atoms with Crippen LogP contribution in [-0.2, 0) is 0 Å². The number of carbonyl (C=O) groups is 1. The van der Waals surface area contributed by atoms with Gasteiger partial charge in [-0.05, 0) is 18.2 Å². The molecule has 0 bridgehead atoms. The second kappa shape index (κ2) is 4.39. The molecule has 1 amide bonds. The van der Waals surface area contributed by atoms with Crippen LogP contribution in [0, 0.1) is 5.21 Å². The summed E-state index contributed by atoms with van der Waals surface area (Å²) in [6, 6.07) is 8.05. The molecule has 0 aliphatic rings. The van der Waals surface area contributed by atoms with Crippen LogP contribution in [0.2, 0.25) is 0 Å². The number of hydrogen-bond donors (Lipinski definition) is 1. The van der Waals surface area contributed by atoms with Crippen LogP contribution in [0.4, 0.5) is 5.69 Å². The van der Waals surface area contributed by atoms with Crippen molar-refractivity contribution < 1.29 is 9.52 Å². The first-order valence-corrected chi connectivity index (χ1v) is 4.67. The summed E-state index contributed by atoms with van der Waals surface area (Å²) in [6.07, 6.45) is 4.39. The summed E-state index contributed by atoms with van der Waals surface area (Å²) in [7, 11) is 0. The molecule has 0 fully saturated rings. The van der Waals surface area contributed by atoms with Gasteiger partial charge in [-0.25, -0.2) is 0 Å². The minimum Gasteiger partial charge on any atom is -0.618 e. The Bertz CT molecular complexity index is 500. The number of rotatable bonds is 2. The topological polar surface area (TPSA) is 68.9 Å². The van der Waals surface area contributed by atoms with Crippen LogP contribution in [0.1, 0.15) is 10.5 Å². The van der Waals surface area contributed by atoms with Gasteiger partial charge < -0.3 is 10.5 Å². The molecule has 2 rings (SSSR count). The fraction of sp³-hybridized carbons (Fsp3) is 0. The third-order valence-corrected chi connectivity index (χ3v) is 1.98. The Hall–Kier alpha value is -2.43. The Kier molecular flexibility index (Phi) is 2.77. The van der Waals surface area contributed by atoms with Gasteiger partial charge in [0, 0.05) is 18.3 Å². The Morgan fingerprint density at radius 3 is 2.88 bits per heavy atom. The van der Waals surface area contributed by atoms with Crippen molar-refractivity contribution in [2.24, 2.45) is 0 Å². The Labute approximate surface area is 92.0 Å². The highest BCUT2D eigenvalue weighted by atomic mass is 16.5. The highest BCUT2D eigenvalue weighted by molar-refractivity contribution is 6.01. The van der Waals surface area contributed by atoms with Gasteiger partial charge in [-0.2, -0.15) is 4.73 Å². The Morgan fingerprint density at radius 1 is 1.31 bits per heavy atom. The molecule has 0 atom stereocenters. The molecule has 0 aliphatic carbocycles. The predicted octanol–water partition coefficient (Wildman–Crippen LogP) is 0.967. The summed E-state index contributed by atoms with van der Waals surface area (Å²) in [5, 5.41) is 13.9. The monoisotopic (exact) mass is 215 g/mol. The van der Waals surface area contributed by atoms with E-state index in [0.29, 0.717) is 10.4 Å². The minimum absolute atomic E-state index is 0.0475. The average Bonchev–Trinajstić information content (AvgIpc) is 2.31. The lowest BCUT2D eigenvalue weighted by Gasteiger charge is -2.04. The van der Waals surface area contributed by atoms with Gasteiger partial charge in [0.1, 0.15) is 0 Å². The molecular weight excluding hydrogens is 206 g/mol. The molecule has 0 saturated carbocycles. The average molecular weight is 215 g/mol. The zero-order chi connectivity index (χ0) is 11.4. The maximum atomic E-state index is 11.7. The summed E-state index contributed by atoms with van der Waals surface area (Å²) in [4.78, 5) is 15.5. The van der Waals surface area contributed by atoms with Crippen LogP contribution in [0.3, 0.4) is 0 Å².